The Morgan fingerprint density at radius 3 is 3.00 bits per heavy atom. The predicted molar refractivity (Wildman–Crippen MR) is 75.0 cm³/mol. The van der Waals surface area contributed by atoms with Crippen LogP contribution < -0.4 is 0 Å². The molecule has 6 heteroatoms. The summed E-state index contributed by atoms with van der Waals surface area (Å²) < 4.78 is 3.62. The molecule has 20 heavy (non-hydrogen) atoms. The van der Waals surface area contributed by atoms with Crippen LogP contribution >= 0.6 is 0 Å². The largest absolute Gasteiger partial charge is 0.390 e. The normalized spacial score (nSPS) is 21.4. The molecule has 1 N–H and O–H groups in total. The average Bonchev–Trinajstić information content (AvgIpc) is 3.11. The van der Waals surface area contributed by atoms with Gasteiger partial charge in [0.1, 0.15) is 0 Å². The van der Waals surface area contributed by atoms with E-state index in [0.29, 0.717) is 19.1 Å². The van der Waals surface area contributed by atoms with Crippen LogP contribution in [0.2, 0.25) is 0 Å². The van der Waals surface area contributed by atoms with E-state index < -0.39 is 6.10 Å². The molecule has 0 amide bonds. The van der Waals surface area contributed by atoms with Crippen LogP contribution in [0, 0.1) is 0 Å². The summed E-state index contributed by atoms with van der Waals surface area (Å²) in [6.07, 6.45) is 9.54. The highest BCUT2D eigenvalue weighted by Gasteiger charge is 2.28. The molecule has 1 fully saturated rings. The Bertz CT molecular complexity index is 536. The van der Waals surface area contributed by atoms with Gasteiger partial charge in [-0.15, -0.1) is 0 Å². The number of aromatic nitrogens is 4. The highest BCUT2D eigenvalue weighted by molar-refractivity contribution is 5.12. The van der Waals surface area contributed by atoms with Gasteiger partial charge < -0.3 is 5.11 Å². The molecule has 0 radical (unpaired) electrons. The Morgan fingerprint density at radius 1 is 1.40 bits per heavy atom. The minimum absolute atomic E-state index is 0.385. The number of hydrogen-bond acceptors (Lipinski definition) is 4. The Kier molecular flexibility index (Phi) is 3.84. The van der Waals surface area contributed by atoms with Crippen molar-refractivity contribution in [2.24, 2.45) is 7.05 Å². The fourth-order valence-electron chi connectivity index (χ4n) is 2.99. The molecular weight excluding hydrogens is 254 g/mol. The van der Waals surface area contributed by atoms with Gasteiger partial charge in [0.2, 0.25) is 0 Å². The molecule has 0 spiro atoms. The van der Waals surface area contributed by atoms with Crippen LogP contribution in [0.15, 0.2) is 30.9 Å². The van der Waals surface area contributed by atoms with E-state index in [4.69, 9.17) is 0 Å². The van der Waals surface area contributed by atoms with Crippen molar-refractivity contribution in [3.8, 4) is 0 Å². The van der Waals surface area contributed by atoms with E-state index in [-0.39, 0.29) is 0 Å². The number of hydrogen-bond donors (Lipinski definition) is 1. The number of β-amino-alcohol motifs (C(OH)–C–C–N with tert-alkyl or cyclic N) is 1. The van der Waals surface area contributed by atoms with Crippen LogP contribution in [0.1, 0.15) is 24.4 Å². The number of likely N-dealkylation sites (tertiary alicyclic amines) is 1. The first kappa shape index (κ1) is 13.3. The highest BCUT2D eigenvalue weighted by Crippen LogP contribution is 2.31. The lowest BCUT2D eigenvalue weighted by Crippen LogP contribution is -2.34. The maximum atomic E-state index is 10.2. The molecule has 2 aromatic heterocycles. The lowest BCUT2D eigenvalue weighted by molar-refractivity contribution is 0.0890. The topological polar surface area (TPSA) is 59.1 Å². The molecule has 3 heterocycles. The van der Waals surface area contributed by atoms with Crippen molar-refractivity contribution in [1.82, 2.24) is 24.5 Å². The first-order valence-electron chi connectivity index (χ1n) is 7.10. The molecule has 2 atom stereocenters. The van der Waals surface area contributed by atoms with Crippen molar-refractivity contribution in [3.05, 3.63) is 36.4 Å². The van der Waals surface area contributed by atoms with Gasteiger partial charge in [-0.25, -0.2) is 0 Å². The fraction of sp³-hybridized carbons (Fsp3) is 0.571. The van der Waals surface area contributed by atoms with Crippen molar-refractivity contribution >= 4 is 0 Å². The summed E-state index contributed by atoms with van der Waals surface area (Å²) in [5.74, 6) is 0. The quantitative estimate of drug-likeness (QED) is 0.877. The summed E-state index contributed by atoms with van der Waals surface area (Å²) in [6, 6.07) is 2.26. The van der Waals surface area contributed by atoms with E-state index in [1.807, 2.05) is 30.2 Å². The summed E-state index contributed by atoms with van der Waals surface area (Å²) in [5, 5.41) is 18.6. The van der Waals surface area contributed by atoms with E-state index >= 15 is 0 Å². The van der Waals surface area contributed by atoms with Crippen LogP contribution in [0.3, 0.4) is 0 Å². The zero-order valence-electron chi connectivity index (χ0n) is 11.8. The van der Waals surface area contributed by atoms with Crippen molar-refractivity contribution in [2.45, 2.75) is 31.5 Å². The summed E-state index contributed by atoms with van der Waals surface area (Å²) in [7, 11) is 1.94. The predicted octanol–water partition coefficient (Wildman–Crippen LogP) is 0.815. The third kappa shape index (κ3) is 2.91. The van der Waals surface area contributed by atoms with E-state index in [0.717, 1.165) is 13.0 Å². The Balaban J connectivity index is 1.61. The second kappa shape index (κ2) is 5.76. The van der Waals surface area contributed by atoms with Gasteiger partial charge in [0.25, 0.3) is 0 Å². The zero-order chi connectivity index (χ0) is 13.9. The Labute approximate surface area is 118 Å². The zero-order valence-corrected chi connectivity index (χ0v) is 11.8. The van der Waals surface area contributed by atoms with Crippen molar-refractivity contribution in [3.63, 3.8) is 0 Å². The minimum Gasteiger partial charge on any atom is -0.390 e. The summed E-state index contributed by atoms with van der Waals surface area (Å²) in [5.41, 5.74) is 1.25. The summed E-state index contributed by atoms with van der Waals surface area (Å²) in [4.78, 5) is 2.35. The number of aryl methyl sites for hydroxylation is 1. The molecule has 1 saturated heterocycles. The van der Waals surface area contributed by atoms with Gasteiger partial charge in [-0.2, -0.15) is 10.2 Å². The molecule has 2 aromatic rings. The second-order valence-electron chi connectivity index (χ2n) is 5.48. The van der Waals surface area contributed by atoms with E-state index in [1.165, 1.54) is 12.0 Å². The third-order valence-electron chi connectivity index (χ3n) is 3.88. The fourth-order valence-corrected chi connectivity index (χ4v) is 2.99. The van der Waals surface area contributed by atoms with Crippen LogP contribution in [0.5, 0.6) is 0 Å². The first-order valence-corrected chi connectivity index (χ1v) is 7.10. The molecule has 0 aliphatic carbocycles. The van der Waals surface area contributed by atoms with Gasteiger partial charge in [-0.1, -0.05) is 0 Å². The molecule has 1 aliphatic heterocycles. The molecule has 0 saturated carbocycles. The van der Waals surface area contributed by atoms with Gasteiger partial charge in [-0.05, 0) is 25.5 Å². The van der Waals surface area contributed by atoms with Crippen molar-refractivity contribution < 1.29 is 5.11 Å². The van der Waals surface area contributed by atoms with Gasteiger partial charge in [0.15, 0.2) is 0 Å². The van der Waals surface area contributed by atoms with Crippen LogP contribution in [0.25, 0.3) is 0 Å². The van der Waals surface area contributed by atoms with Crippen LogP contribution in [-0.2, 0) is 13.6 Å². The number of aliphatic hydroxyl groups is 1. The van der Waals surface area contributed by atoms with Crippen LogP contribution in [0.4, 0.5) is 0 Å². The minimum atomic E-state index is -0.396. The number of aliphatic hydroxyl groups excluding tert-OH is 1. The molecule has 0 bridgehead atoms. The lowest BCUT2D eigenvalue weighted by atomic mass is 10.1. The van der Waals surface area contributed by atoms with E-state index in [2.05, 4.69) is 21.3 Å². The Morgan fingerprint density at radius 2 is 2.30 bits per heavy atom. The first-order chi connectivity index (χ1) is 9.72. The lowest BCUT2D eigenvalue weighted by Gasteiger charge is -2.26. The second-order valence-corrected chi connectivity index (χ2v) is 5.48. The number of nitrogens with zero attached hydrogens (tertiary/aromatic N) is 5. The summed E-state index contributed by atoms with van der Waals surface area (Å²) >= 11 is 0. The van der Waals surface area contributed by atoms with Gasteiger partial charge >= 0.3 is 0 Å². The third-order valence-corrected chi connectivity index (χ3v) is 3.88. The van der Waals surface area contributed by atoms with Gasteiger partial charge in [0, 0.05) is 43.8 Å². The standard InChI is InChI=1S/C14H21N5O/c1-17-9-12(8-16-17)14-4-2-6-18(14)10-13(20)11-19-7-3-5-15-19/h3,5,7-9,13-14,20H,2,4,6,10-11H2,1H3/t13-,14-/m0/s1. The van der Waals surface area contributed by atoms with Crippen molar-refractivity contribution in [2.75, 3.05) is 13.1 Å². The molecule has 3 rings (SSSR count). The van der Waals surface area contributed by atoms with Gasteiger partial charge in [-0.3, -0.25) is 14.3 Å². The summed E-state index contributed by atoms with van der Waals surface area (Å²) in [6.45, 7) is 2.26. The molecule has 6 nitrogen and oxygen atoms in total. The van der Waals surface area contributed by atoms with E-state index in [9.17, 15) is 5.11 Å². The maximum Gasteiger partial charge on any atom is 0.0862 e. The Hall–Kier alpha value is -1.66. The molecular formula is C14H21N5O. The highest BCUT2D eigenvalue weighted by atomic mass is 16.3. The monoisotopic (exact) mass is 275 g/mol. The van der Waals surface area contributed by atoms with Crippen LogP contribution in [-0.4, -0.2) is 48.8 Å². The molecule has 108 valence electrons. The smallest absolute Gasteiger partial charge is 0.0862 e. The number of rotatable bonds is 5. The van der Waals surface area contributed by atoms with Crippen molar-refractivity contribution in [1.29, 1.82) is 0 Å². The van der Waals surface area contributed by atoms with E-state index in [1.54, 1.807) is 10.9 Å². The average molecular weight is 275 g/mol. The molecule has 0 aromatic carbocycles. The molecule has 0 unspecified atom stereocenters. The maximum absolute atomic E-state index is 10.2. The SMILES string of the molecule is Cn1cc([C@@H]2CCCN2C[C@H](O)Cn2cccn2)cn1. The molecule has 1 aliphatic rings. The van der Waals surface area contributed by atoms with Gasteiger partial charge in [0.05, 0.1) is 18.8 Å².